The number of alkyl carbamates (subject to hydrolysis) is 1. The van der Waals surface area contributed by atoms with Crippen molar-refractivity contribution in [3.05, 3.63) is 33.9 Å². The molecule has 1 rings (SSSR count). The smallest absolute Gasteiger partial charge is 0.408 e. The number of carbonyl (C=O) groups excluding carboxylic acids is 2. The minimum Gasteiger partial charge on any atom is -0.496 e. The Kier molecular flexibility index (Phi) is 5.31. The molecule has 0 aliphatic heterocycles. The van der Waals surface area contributed by atoms with Crippen molar-refractivity contribution in [3.63, 3.8) is 0 Å². The van der Waals surface area contributed by atoms with Gasteiger partial charge in [-0.05, 0) is 33.8 Å². The van der Waals surface area contributed by atoms with Crippen LogP contribution in [0, 0.1) is 10.1 Å². The second-order valence-electron chi connectivity index (χ2n) is 6.09. The molecule has 0 aliphatic rings. The number of amides is 1. The molecule has 8 heteroatoms. The quantitative estimate of drug-likeness (QED) is 0.506. The van der Waals surface area contributed by atoms with Crippen molar-refractivity contribution in [1.29, 1.82) is 0 Å². The molecule has 0 aromatic heterocycles. The molecule has 1 aromatic carbocycles. The minimum absolute atomic E-state index is 0.162. The average molecular weight is 324 g/mol. The van der Waals surface area contributed by atoms with Crippen LogP contribution in [-0.4, -0.2) is 30.0 Å². The van der Waals surface area contributed by atoms with Gasteiger partial charge in [-0.2, -0.15) is 0 Å². The van der Waals surface area contributed by atoms with Crippen molar-refractivity contribution in [1.82, 2.24) is 5.32 Å². The summed E-state index contributed by atoms with van der Waals surface area (Å²) < 4.78 is 10.3. The summed E-state index contributed by atoms with van der Waals surface area (Å²) >= 11 is 0. The summed E-state index contributed by atoms with van der Waals surface area (Å²) in [7, 11) is 1.36. The summed E-state index contributed by atoms with van der Waals surface area (Å²) in [4.78, 5) is 33.9. The molecular formula is C15H20N2O6. The van der Waals surface area contributed by atoms with Gasteiger partial charge in [0.15, 0.2) is 0 Å². The van der Waals surface area contributed by atoms with Crippen LogP contribution >= 0.6 is 0 Å². The van der Waals surface area contributed by atoms with Gasteiger partial charge in [-0.15, -0.1) is 0 Å². The molecule has 0 fully saturated rings. The first kappa shape index (κ1) is 18.4. The van der Waals surface area contributed by atoms with Gasteiger partial charge in [0.25, 0.3) is 5.69 Å². The van der Waals surface area contributed by atoms with E-state index in [0.717, 1.165) is 0 Å². The van der Waals surface area contributed by atoms with E-state index in [4.69, 9.17) is 9.47 Å². The third-order valence-corrected chi connectivity index (χ3v) is 2.95. The molecular weight excluding hydrogens is 304 g/mol. The zero-order valence-electron chi connectivity index (χ0n) is 13.7. The summed E-state index contributed by atoms with van der Waals surface area (Å²) in [5.41, 5.74) is -2.35. The van der Waals surface area contributed by atoms with Crippen LogP contribution in [0.3, 0.4) is 0 Å². The van der Waals surface area contributed by atoms with E-state index in [1.807, 2.05) is 0 Å². The van der Waals surface area contributed by atoms with Gasteiger partial charge >= 0.3 is 6.09 Å². The first-order chi connectivity index (χ1) is 10.5. The molecule has 8 nitrogen and oxygen atoms in total. The molecule has 1 N–H and O–H groups in total. The summed E-state index contributed by atoms with van der Waals surface area (Å²) in [5.74, 6) is 0.237. The predicted octanol–water partition coefficient (Wildman–Crippen LogP) is 2.54. The van der Waals surface area contributed by atoms with E-state index in [1.165, 1.54) is 32.2 Å². The second kappa shape index (κ2) is 6.64. The number of benzene rings is 1. The molecule has 23 heavy (non-hydrogen) atoms. The summed E-state index contributed by atoms with van der Waals surface area (Å²) in [6.45, 7) is 6.45. The van der Waals surface area contributed by atoms with Crippen LogP contribution in [0.15, 0.2) is 18.2 Å². The van der Waals surface area contributed by atoms with Crippen LogP contribution in [0.4, 0.5) is 10.5 Å². The highest BCUT2D eigenvalue weighted by Crippen LogP contribution is 2.32. The Morgan fingerprint density at radius 2 is 1.91 bits per heavy atom. The van der Waals surface area contributed by atoms with Gasteiger partial charge in [-0.25, -0.2) is 4.79 Å². The Morgan fingerprint density at radius 1 is 1.30 bits per heavy atom. The first-order valence-electron chi connectivity index (χ1n) is 6.83. The SMILES string of the molecule is COc1ccc([N+](=O)[O-])cc1C(C)(C=O)NC(=O)OC(C)(C)C. The molecule has 1 aromatic rings. The van der Waals surface area contributed by atoms with E-state index in [-0.39, 0.29) is 17.0 Å². The number of carbonyl (C=O) groups is 2. The van der Waals surface area contributed by atoms with E-state index < -0.39 is 22.2 Å². The lowest BCUT2D eigenvalue weighted by Gasteiger charge is -2.28. The maximum atomic E-state index is 12.0. The molecule has 126 valence electrons. The van der Waals surface area contributed by atoms with Crippen molar-refractivity contribution < 1.29 is 24.0 Å². The van der Waals surface area contributed by atoms with E-state index in [2.05, 4.69) is 5.32 Å². The fourth-order valence-electron chi connectivity index (χ4n) is 1.89. The number of hydrogen-bond donors (Lipinski definition) is 1. The van der Waals surface area contributed by atoms with Gasteiger partial charge in [0.05, 0.1) is 12.0 Å². The summed E-state index contributed by atoms with van der Waals surface area (Å²) in [6, 6.07) is 3.80. The Balaban J connectivity index is 3.26. The first-order valence-corrected chi connectivity index (χ1v) is 6.83. The monoisotopic (exact) mass is 324 g/mol. The second-order valence-corrected chi connectivity index (χ2v) is 6.09. The van der Waals surface area contributed by atoms with Gasteiger partial charge in [0.2, 0.25) is 0 Å². The van der Waals surface area contributed by atoms with E-state index in [1.54, 1.807) is 20.8 Å². The van der Waals surface area contributed by atoms with Crippen molar-refractivity contribution >= 4 is 18.1 Å². The fraction of sp³-hybridized carbons (Fsp3) is 0.467. The van der Waals surface area contributed by atoms with E-state index in [0.29, 0.717) is 6.29 Å². The molecule has 0 bridgehead atoms. The Morgan fingerprint density at radius 3 is 2.35 bits per heavy atom. The van der Waals surface area contributed by atoms with Gasteiger partial charge in [0, 0.05) is 17.7 Å². The maximum absolute atomic E-state index is 12.0. The molecule has 0 aliphatic carbocycles. The van der Waals surface area contributed by atoms with Crippen molar-refractivity contribution in [2.75, 3.05) is 7.11 Å². The zero-order valence-corrected chi connectivity index (χ0v) is 13.7. The van der Waals surface area contributed by atoms with Gasteiger partial charge in [-0.3, -0.25) is 10.1 Å². The molecule has 0 saturated heterocycles. The van der Waals surface area contributed by atoms with Crippen LogP contribution in [0.2, 0.25) is 0 Å². The highest BCUT2D eigenvalue weighted by Gasteiger charge is 2.34. The van der Waals surface area contributed by atoms with Crippen LogP contribution in [0.5, 0.6) is 5.75 Å². The molecule has 1 unspecified atom stereocenters. The number of aldehydes is 1. The highest BCUT2D eigenvalue weighted by molar-refractivity contribution is 5.79. The van der Waals surface area contributed by atoms with Gasteiger partial charge < -0.3 is 19.6 Å². The van der Waals surface area contributed by atoms with Crippen LogP contribution < -0.4 is 10.1 Å². The maximum Gasteiger partial charge on any atom is 0.408 e. The number of nitrogens with zero attached hydrogens (tertiary/aromatic N) is 1. The van der Waals surface area contributed by atoms with Gasteiger partial charge in [0.1, 0.15) is 23.2 Å². The Labute approximate surface area is 133 Å². The Bertz CT molecular complexity index is 623. The third-order valence-electron chi connectivity index (χ3n) is 2.95. The lowest BCUT2D eigenvalue weighted by molar-refractivity contribution is -0.385. The lowest BCUT2D eigenvalue weighted by Crippen LogP contribution is -2.47. The van der Waals surface area contributed by atoms with Crippen LogP contribution in [0.1, 0.15) is 33.3 Å². The Hall–Kier alpha value is -2.64. The zero-order chi connectivity index (χ0) is 17.8. The number of methoxy groups -OCH3 is 1. The number of rotatable bonds is 5. The van der Waals surface area contributed by atoms with Crippen molar-refractivity contribution in [2.24, 2.45) is 0 Å². The number of nitro benzene ring substituents is 1. The highest BCUT2D eigenvalue weighted by atomic mass is 16.6. The average Bonchev–Trinajstić information content (AvgIpc) is 2.44. The van der Waals surface area contributed by atoms with Gasteiger partial charge in [-0.1, -0.05) is 0 Å². The normalized spacial score (nSPS) is 13.6. The topological polar surface area (TPSA) is 108 Å². The van der Waals surface area contributed by atoms with E-state index >= 15 is 0 Å². The third kappa shape index (κ3) is 4.67. The number of nitrogens with one attached hydrogen (secondary N) is 1. The minimum atomic E-state index is -1.54. The predicted molar refractivity (Wildman–Crippen MR) is 82.4 cm³/mol. The van der Waals surface area contributed by atoms with Crippen LogP contribution in [0.25, 0.3) is 0 Å². The van der Waals surface area contributed by atoms with Crippen molar-refractivity contribution in [2.45, 2.75) is 38.8 Å². The molecule has 0 spiro atoms. The molecule has 0 radical (unpaired) electrons. The van der Waals surface area contributed by atoms with E-state index in [9.17, 15) is 19.7 Å². The molecule has 1 atom stereocenters. The largest absolute Gasteiger partial charge is 0.496 e. The number of nitro groups is 1. The number of non-ortho nitro benzene ring substituents is 1. The standard InChI is InChI=1S/C15H20N2O6/c1-14(2,3)23-13(19)16-15(4,9-18)11-8-10(17(20)21)6-7-12(11)22-5/h6-9H,1-5H3,(H,16,19). The summed E-state index contributed by atoms with van der Waals surface area (Å²) in [6.07, 6.45) is -0.348. The number of hydrogen-bond acceptors (Lipinski definition) is 6. The fourth-order valence-corrected chi connectivity index (χ4v) is 1.89. The molecule has 0 heterocycles. The van der Waals surface area contributed by atoms with Crippen LogP contribution in [-0.2, 0) is 15.1 Å². The lowest BCUT2D eigenvalue weighted by atomic mass is 9.92. The molecule has 1 amide bonds. The summed E-state index contributed by atoms with van der Waals surface area (Å²) in [5, 5.41) is 13.4. The number of ether oxygens (including phenoxy) is 2. The van der Waals surface area contributed by atoms with Crippen molar-refractivity contribution in [3.8, 4) is 5.75 Å². The molecule has 0 saturated carbocycles.